The van der Waals surface area contributed by atoms with Crippen LogP contribution in [0, 0.1) is 0 Å². The molecule has 2 aromatic heterocycles. The molecule has 0 unspecified atom stereocenters. The number of nitrogens with one attached hydrogen (secondary N) is 1. The number of pyridine rings is 1. The van der Waals surface area contributed by atoms with E-state index in [0.717, 1.165) is 34.5 Å². The Labute approximate surface area is 145 Å². The van der Waals surface area contributed by atoms with Crippen LogP contribution in [0.15, 0.2) is 77.7 Å². The second-order valence-electron chi connectivity index (χ2n) is 5.94. The van der Waals surface area contributed by atoms with Crippen molar-refractivity contribution in [1.82, 2.24) is 9.55 Å². The Morgan fingerprint density at radius 3 is 2.44 bits per heavy atom. The average molecular weight is 330 g/mol. The zero-order valence-corrected chi connectivity index (χ0v) is 13.9. The minimum Gasteiger partial charge on any atom is -0.497 e. The molecule has 0 aliphatic rings. The van der Waals surface area contributed by atoms with E-state index < -0.39 is 0 Å². The van der Waals surface area contributed by atoms with Gasteiger partial charge in [-0.2, -0.15) is 0 Å². The van der Waals surface area contributed by atoms with Crippen LogP contribution in [0.5, 0.6) is 5.75 Å². The number of fused-ring (bicyclic) bond motifs is 1. The molecule has 0 spiro atoms. The first-order valence-corrected chi connectivity index (χ1v) is 8.16. The first kappa shape index (κ1) is 15.3. The molecule has 0 saturated heterocycles. The monoisotopic (exact) mass is 330 g/mol. The van der Waals surface area contributed by atoms with E-state index in [1.807, 2.05) is 54.7 Å². The number of aromatic amines is 1. The van der Waals surface area contributed by atoms with Crippen LogP contribution >= 0.6 is 0 Å². The SMILES string of the molecule is COc1ccc(-n2c(=O)ccc3[nH]cc(Cc4ccccc4)c32)cc1. The Morgan fingerprint density at radius 1 is 0.960 bits per heavy atom. The highest BCUT2D eigenvalue weighted by molar-refractivity contribution is 5.81. The summed E-state index contributed by atoms with van der Waals surface area (Å²) in [4.78, 5) is 15.9. The number of ether oxygens (including phenoxy) is 1. The summed E-state index contributed by atoms with van der Waals surface area (Å²) < 4.78 is 6.97. The summed E-state index contributed by atoms with van der Waals surface area (Å²) in [6, 6.07) is 21.2. The quantitative estimate of drug-likeness (QED) is 0.616. The maximum Gasteiger partial charge on any atom is 0.255 e. The number of hydrogen-bond acceptors (Lipinski definition) is 2. The van der Waals surface area contributed by atoms with Gasteiger partial charge in [-0.1, -0.05) is 30.3 Å². The highest BCUT2D eigenvalue weighted by Crippen LogP contribution is 2.23. The summed E-state index contributed by atoms with van der Waals surface area (Å²) in [6.07, 6.45) is 2.75. The van der Waals surface area contributed by atoms with Gasteiger partial charge in [-0.3, -0.25) is 9.36 Å². The summed E-state index contributed by atoms with van der Waals surface area (Å²) >= 11 is 0. The van der Waals surface area contributed by atoms with E-state index in [1.165, 1.54) is 5.56 Å². The normalized spacial score (nSPS) is 10.9. The summed E-state index contributed by atoms with van der Waals surface area (Å²) in [7, 11) is 1.63. The van der Waals surface area contributed by atoms with Crippen molar-refractivity contribution in [1.29, 1.82) is 0 Å². The molecule has 1 N–H and O–H groups in total. The molecule has 0 amide bonds. The zero-order valence-electron chi connectivity index (χ0n) is 13.9. The van der Waals surface area contributed by atoms with Gasteiger partial charge < -0.3 is 9.72 Å². The van der Waals surface area contributed by atoms with Crippen molar-refractivity contribution in [3.63, 3.8) is 0 Å². The second-order valence-corrected chi connectivity index (χ2v) is 5.94. The molecule has 2 aromatic carbocycles. The highest BCUT2D eigenvalue weighted by atomic mass is 16.5. The number of rotatable bonds is 4. The maximum absolute atomic E-state index is 12.6. The van der Waals surface area contributed by atoms with E-state index in [1.54, 1.807) is 17.7 Å². The summed E-state index contributed by atoms with van der Waals surface area (Å²) in [5, 5.41) is 0. The molecule has 4 heteroatoms. The zero-order chi connectivity index (χ0) is 17.2. The van der Waals surface area contributed by atoms with Crippen LogP contribution in [-0.4, -0.2) is 16.7 Å². The Balaban J connectivity index is 1.89. The number of aromatic nitrogens is 2. The number of hydrogen-bond donors (Lipinski definition) is 1. The van der Waals surface area contributed by atoms with Gasteiger partial charge in [0.1, 0.15) is 5.75 Å². The first-order valence-electron chi connectivity index (χ1n) is 8.16. The van der Waals surface area contributed by atoms with E-state index in [0.29, 0.717) is 0 Å². The van der Waals surface area contributed by atoms with Gasteiger partial charge in [-0.15, -0.1) is 0 Å². The van der Waals surface area contributed by atoms with Crippen LogP contribution in [-0.2, 0) is 6.42 Å². The lowest BCUT2D eigenvalue weighted by Crippen LogP contribution is -2.17. The van der Waals surface area contributed by atoms with Crippen molar-refractivity contribution in [2.45, 2.75) is 6.42 Å². The molecular formula is C21H18N2O2. The van der Waals surface area contributed by atoms with E-state index in [2.05, 4.69) is 17.1 Å². The third kappa shape index (κ3) is 2.83. The number of nitrogens with zero attached hydrogens (tertiary/aromatic N) is 1. The lowest BCUT2D eigenvalue weighted by Gasteiger charge is -2.11. The molecule has 0 bridgehead atoms. The van der Waals surface area contributed by atoms with E-state index in [4.69, 9.17) is 4.74 Å². The van der Waals surface area contributed by atoms with Crippen molar-refractivity contribution in [3.05, 3.63) is 94.4 Å². The van der Waals surface area contributed by atoms with Gasteiger partial charge in [0.05, 0.1) is 18.1 Å². The summed E-state index contributed by atoms with van der Waals surface area (Å²) in [5.41, 5.74) is 4.94. The van der Waals surface area contributed by atoms with Crippen molar-refractivity contribution in [3.8, 4) is 11.4 Å². The van der Waals surface area contributed by atoms with E-state index in [9.17, 15) is 4.79 Å². The number of H-pyrrole nitrogens is 1. The molecule has 124 valence electrons. The molecule has 4 rings (SSSR count). The van der Waals surface area contributed by atoms with Crippen molar-refractivity contribution in [2.24, 2.45) is 0 Å². The second kappa shape index (κ2) is 6.32. The first-order chi connectivity index (χ1) is 12.3. The van der Waals surface area contributed by atoms with E-state index >= 15 is 0 Å². The average Bonchev–Trinajstić information content (AvgIpc) is 3.05. The van der Waals surface area contributed by atoms with Crippen LogP contribution in [0.3, 0.4) is 0 Å². The van der Waals surface area contributed by atoms with Gasteiger partial charge in [-0.25, -0.2) is 0 Å². The van der Waals surface area contributed by atoms with Crippen LogP contribution in [0.1, 0.15) is 11.1 Å². The Morgan fingerprint density at radius 2 is 1.72 bits per heavy atom. The Kier molecular flexibility index (Phi) is 3.86. The topological polar surface area (TPSA) is 47.0 Å². The standard InChI is InChI=1S/C21H18N2O2/c1-25-18-9-7-17(8-10-18)23-20(24)12-11-19-21(23)16(14-22-19)13-15-5-3-2-4-6-15/h2-12,14,22H,13H2,1H3. The fraction of sp³-hybridized carbons (Fsp3) is 0.0952. The molecule has 0 fully saturated rings. The van der Waals surface area contributed by atoms with Gasteiger partial charge in [-0.05, 0) is 41.5 Å². The molecule has 0 radical (unpaired) electrons. The number of methoxy groups -OCH3 is 1. The largest absolute Gasteiger partial charge is 0.497 e. The Hall–Kier alpha value is -3.27. The van der Waals surface area contributed by atoms with Crippen molar-refractivity contribution >= 4 is 11.0 Å². The molecule has 0 saturated carbocycles. The predicted molar refractivity (Wildman–Crippen MR) is 99.7 cm³/mol. The summed E-state index contributed by atoms with van der Waals surface area (Å²) in [6.45, 7) is 0. The smallest absolute Gasteiger partial charge is 0.255 e. The molecule has 0 aliphatic carbocycles. The lowest BCUT2D eigenvalue weighted by atomic mass is 10.1. The van der Waals surface area contributed by atoms with Crippen LogP contribution in [0.2, 0.25) is 0 Å². The Bertz CT molecular complexity index is 1060. The third-order valence-corrected chi connectivity index (χ3v) is 4.37. The molecule has 4 nitrogen and oxygen atoms in total. The van der Waals surface area contributed by atoms with Crippen molar-refractivity contribution < 1.29 is 4.74 Å². The van der Waals surface area contributed by atoms with E-state index in [-0.39, 0.29) is 5.56 Å². The fourth-order valence-electron chi connectivity index (χ4n) is 3.14. The van der Waals surface area contributed by atoms with Crippen LogP contribution < -0.4 is 10.3 Å². The lowest BCUT2D eigenvalue weighted by molar-refractivity contribution is 0.415. The van der Waals surface area contributed by atoms with Gasteiger partial charge in [0.2, 0.25) is 0 Å². The van der Waals surface area contributed by atoms with Gasteiger partial charge in [0.15, 0.2) is 0 Å². The minimum absolute atomic E-state index is 0.0495. The molecule has 2 heterocycles. The molecule has 0 atom stereocenters. The minimum atomic E-state index is -0.0495. The van der Waals surface area contributed by atoms with Crippen LogP contribution in [0.4, 0.5) is 0 Å². The molecule has 25 heavy (non-hydrogen) atoms. The molecule has 0 aliphatic heterocycles. The highest BCUT2D eigenvalue weighted by Gasteiger charge is 2.12. The van der Waals surface area contributed by atoms with Crippen LogP contribution in [0.25, 0.3) is 16.7 Å². The van der Waals surface area contributed by atoms with Gasteiger partial charge >= 0.3 is 0 Å². The number of benzene rings is 2. The fourth-order valence-corrected chi connectivity index (χ4v) is 3.14. The third-order valence-electron chi connectivity index (χ3n) is 4.37. The molecule has 4 aromatic rings. The van der Waals surface area contributed by atoms with Gasteiger partial charge in [0, 0.05) is 24.4 Å². The predicted octanol–water partition coefficient (Wildman–Crippen LogP) is 3.92. The van der Waals surface area contributed by atoms with Gasteiger partial charge in [0.25, 0.3) is 5.56 Å². The molecular weight excluding hydrogens is 312 g/mol. The van der Waals surface area contributed by atoms with Crippen molar-refractivity contribution in [2.75, 3.05) is 7.11 Å². The maximum atomic E-state index is 12.6. The summed E-state index contributed by atoms with van der Waals surface area (Å²) in [5.74, 6) is 0.766.